The maximum Gasteiger partial charge on any atom is 0.416 e. The summed E-state index contributed by atoms with van der Waals surface area (Å²) < 4.78 is 54.6. The van der Waals surface area contributed by atoms with Crippen molar-refractivity contribution >= 4 is 11.9 Å². The maximum absolute atomic E-state index is 14.1. The summed E-state index contributed by atoms with van der Waals surface area (Å²) in [6.45, 7) is 7.96. The van der Waals surface area contributed by atoms with Crippen LogP contribution >= 0.6 is 0 Å². The second-order valence-corrected chi connectivity index (χ2v) is 11.9. The monoisotopic (exact) mass is 574 g/mol. The van der Waals surface area contributed by atoms with E-state index >= 15 is 0 Å². The normalized spacial score (nSPS) is 24.4. The van der Waals surface area contributed by atoms with Crippen molar-refractivity contribution in [3.05, 3.63) is 70.0 Å². The van der Waals surface area contributed by atoms with E-state index in [1.807, 2.05) is 11.8 Å². The number of hydrogen-bond acceptors (Lipinski definition) is 3. The van der Waals surface area contributed by atoms with Gasteiger partial charge >= 0.3 is 12.2 Å². The van der Waals surface area contributed by atoms with Gasteiger partial charge in [-0.25, -0.2) is 9.18 Å². The molecule has 6 nitrogen and oxygen atoms in total. The van der Waals surface area contributed by atoms with Crippen molar-refractivity contribution in [2.24, 2.45) is 0 Å². The van der Waals surface area contributed by atoms with E-state index in [-0.39, 0.29) is 35.9 Å². The lowest BCUT2D eigenvalue weighted by molar-refractivity contribution is -0.137. The van der Waals surface area contributed by atoms with Crippen molar-refractivity contribution in [2.45, 2.75) is 76.8 Å². The van der Waals surface area contributed by atoms with E-state index in [2.05, 4.69) is 4.90 Å². The van der Waals surface area contributed by atoms with Gasteiger partial charge in [-0.3, -0.25) is 9.69 Å². The molecule has 2 aromatic rings. The Morgan fingerprint density at radius 1 is 1.02 bits per heavy atom. The Balaban J connectivity index is 1.39. The zero-order chi connectivity index (χ0) is 29.6. The average Bonchev–Trinajstić information content (AvgIpc) is 3.30. The molecule has 3 aliphatic heterocycles. The quantitative estimate of drug-likeness (QED) is 0.416. The van der Waals surface area contributed by atoms with Crippen LogP contribution in [0.4, 0.5) is 22.4 Å². The highest BCUT2D eigenvalue weighted by Crippen LogP contribution is 2.39. The van der Waals surface area contributed by atoms with Crippen LogP contribution in [-0.4, -0.2) is 76.8 Å². The van der Waals surface area contributed by atoms with Gasteiger partial charge in [-0.15, -0.1) is 0 Å². The van der Waals surface area contributed by atoms with Crippen LogP contribution in [0.5, 0.6) is 0 Å². The van der Waals surface area contributed by atoms with Gasteiger partial charge in [0.05, 0.1) is 17.6 Å². The van der Waals surface area contributed by atoms with E-state index in [9.17, 15) is 27.2 Å². The molecule has 3 heterocycles. The number of urea groups is 1. The highest BCUT2D eigenvalue weighted by molar-refractivity contribution is 5.79. The molecule has 3 amide bonds. The fourth-order valence-electron chi connectivity index (χ4n) is 6.84. The Bertz CT molecular complexity index is 1320. The number of likely N-dealkylation sites (tertiary alicyclic amines) is 1. The molecule has 0 aromatic heterocycles. The van der Waals surface area contributed by atoms with E-state index in [4.69, 9.17) is 0 Å². The lowest BCUT2D eigenvalue weighted by Crippen LogP contribution is -2.57. The van der Waals surface area contributed by atoms with Gasteiger partial charge in [0.2, 0.25) is 5.91 Å². The van der Waals surface area contributed by atoms with Crippen molar-refractivity contribution in [2.75, 3.05) is 33.2 Å². The van der Waals surface area contributed by atoms with Crippen LogP contribution in [0.25, 0.3) is 0 Å². The largest absolute Gasteiger partial charge is 0.416 e. The second kappa shape index (κ2) is 11.3. The molecular formula is C31H38F4N4O2. The number of nitrogens with zero attached hydrogens (tertiary/aromatic N) is 4. The minimum atomic E-state index is -4.48. The molecule has 10 heteroatoms. The number of amides is 3. The number of alkyl halides is 3. The first-order chi connectivity index (χ1) is 19.3. The van der Waals surface area contributed by atoms with E-state index in [0.717, 1.165) is 49.2 Å². The van der Waals surface area contributed by atoms with E-state index in [1.54, 1.807) is 37.9 Å². The molecular weight excluding hydrogens is 536 g/mol. The number of aryl methyl sites for hydroxylation is 2. The summed E-state index contributed by atoms with van der Waals surface area (Å²) in [6, 6.07) is 7.77. The van der Waals surface area contributed by atoms with Gasteiger partial charge in [-0.05, 0) is 81.0 Å². The Morgan fingerprint density at radius 2 is 1.78 bits per heavy atom. The summed E-state index contributed by atoms with van der Waals surface area (Å²) in [6.07, 6.45) is -1.62. The number of benzene rings is 2. The zero-order valence-electron chi connectivity index (χ0n) is 24.0. The van der Waals surface area contributed by atoms with Crippen molar-refractivity contribution in [3.63, 3.8) is 0 Å². The number of fused-ring (bicyclic) bond motifs is 1. The predicted octanol–water partition coefficient (Wildman–Crippen LogP) is 6.09. The Kier molecular flexibility index (Phi) is 8.07. The standard InChI is InChI=1S/C31H38F4N4O2/c1-19-13-22(16-23(14-19)31(33,34)35)21(3)36(4)30(41)39-10-9-25(17-28(39)27-7-5-24(32)15-20(27)2)37-11-12-38-26(18-37)6-8-29(38)40/h5,7,13-16,21,25-26,28H,6,8-12,17-18H2,1-4H3/t21-,25+,26+,28-/m1/s1. The molecule has 2 aromatic carbocycles. The molecule has 4 atom stereocenters. The molecule has 3 saturated heterocycles. The molecule has 222 valence electrons. The zero-order valence-corrected chi connectivity index (χ0v) is 24.0. The van der Waals surface area contributed by atoms with E-state index < -0.39 is 17.8 Å². The van der Waals surface area contributed by atoms with Crippen LogP contribution in [-0.2, 0) is 11.0 Å². The number of rotatable bonds is 4. The van der Waals surface area contributed by atoms with Gasteiger partial charge in [-0.1, -0.05) is 17.7 Å². The highest BCUT2D eigenvalue weighted by Gasteiger charge is 2.42. The van der Waals surface area contributed by atoms with Crippen LogP contribution < -0.4 is 0 Å². The number of halogens is 4. The number of carbonyl (C=O) groups is 2. The van der Waals surface area contributed by atoms with Crippen LogP contribution in [0.1, 0.15) is 72.5 Å². The van der Waals surface area contributed by atoms with E-state index in [1.165, 1.54) is 17.0 Å². The molecule has 0 unspecified atom stereocenters. The number of hydrogen-bond donors (Lipinski definition) is 0. The Labute approximate surface area is 238 Å². The number of piperidine rings is 1. The molecule has 3 fully saturated rings. The summed E-state index contributed by atoms with van der Waals surface area (Å²) in [5.74, 6) is -0.118. The molecule has 0 N–H and O–H groups in total. The summed E-state index contributed by atoms with van der Waals surface area (Å²) in [4.78, 5) is 33.9. The van der Waals surface area contributed by atoms with Crippen molar-refractivity contribution in [1.29, 1.82) is 0 Å². The summed E-state index contributed by atoms with van der Waals surface area (Å²) >= 11 is 0. The molecule has 41 heavy (non-hydrogen) atoms. The predicted molar refractivity (Wildman–Crippen MR) is 148 cm³/mol. The number of carbonyl (C=O) groups excluding carboxylic acids is 2. The fourth-order valence-corrected chi connectivity index (χ4v) is 6.84. The molecule has 0 aliphatic carbocycles. The average molecular weight is 575 g/mol. The molecule has 3 aliphatic rings. The van der Waals surface area contributed by atoms with E-state index in [0.29, 0.717) is 37.1 Å². The SMILES string of the molecule is Cc1cc([C@@H](C)N(C)C(=O)N2CC[C@H](N3CCN4C(=O)CC[C@H]4C3)C[C@@H]2c2ccc(F)cc2C)cc(C(F)(F)F)c1. The first-order valence-corrected chi connectivity index (χ1v) is 14.3. The first-order valence-electron chi connectivity index (χ1n) is 14.3. The molecule has 0 radical (unpaired) electrons. The Morgan fingerprint density at radius 3 is 2.49 bits per heavy atom. The van der Waals surface area contributed by atoms with Crippen LogP contribution in [0.2, 0.25) is 0 Å². The van der Waals surface area contributed by atoms with Crippen molar-refractivity contribution in [3.8, 4) is 0 Å². The third-order valence-corrected chi connectivity index (χ3v) is 9.25. The highest BCUT2D eigenvalue weighted by atomic mass is 19.4. The van der Waals surface area contributed by atoms with Crippen LogP contribution in [0.3, 0.4) is 0 Å². The third kappa shape index (κ3) is 5.94. The first kappa shape index (κ1) is 29.4. The van der Waals surface area contributed by atoms with Crippen LogP contribution in [0.15, 0.2) is 36.4 Å². The lowest BCUT2D eigenvalue weighted by atomic mass is 9.88. The van der Waals surface area contributed by atoms with Gasteiger partial charge in [0, 0.05) is 51.7 Å². The van der Waals surface area contributed by atoms with Gasteiger partial charge in [0.25, 0.3) is 0 Å². The smallest absolute Gasteiger partial charge is 0.337 e. The van der Waals surface area contributed by atoms with Gasteiger partial charge in [0.15, 0.2) is 0 Å². The van der Waals surface area contributed by atoms with Gasteiger partial charge in [0.1, 0.15) is 5.82 Å². The topological polar surface area (TPSA) is 47.1 Å². The summed E-state index contributed by atoms with van der Waals surface area (Å²) in [7, 11) is 1.62. The minimum absolute atomic E-state index is 0.195. The molecule has 0 bridgehead atoms. The summed E-state index contributed by atoms with van der Waals surface area (Å²) in [5.41, 5.74) is 1.79. The van der Waals surface area contributed by atoms with Gasteiger partial charge < -0.3 is 14.7 Å². The third-order valence-electron chi connectivity index (χ3n) is 9.25. The Hall–Kier alpha value is -3.14. The number of piperazine rings is 1. The maximum atomic E-state index is 14.1. The molecule has 0 spiro atoms. The second-order valence-electron chi connectivity index (χ2n) is 11.9. The molecule has 0 saturated carbocycles. The summed E-state index contributed by atoms with van der Waals surface area (Å²) in [5, 5.41) is 0. The minimum Gasteiger partial charge on any atom is -0.337 e. The van der Waals surface area contributed by atoms with Crippen molar-refractivity contribution < 1.29 is 27.2 Å². The fraction of sp³-hybridized carbons (Fsp3) is 0.548. The molecule has 5 rings (SSSR count). The lowest BCUT2D eigenvalue weighted by Gasteiger charge is -2.48. The van der Waals surface area contributed by atoms with Gasteiger partial charge in [-0.2, -0.15) is 13.2 Å². The van der Waals surface area contributed by atoms with Crippen LogP contribution in [0, 0.1) is 19.7 Å². The van der Waals surface area contributed by atoms with Crippen molar-refractivity contribution in [1.82, 2.24) is 19.6 Å².